The van der Waals surface area contributed by atoms with Gasteiger partial charge in [-0.1, -0.05) is 36.4 Å². The van der Waals surface area contributed by atoms with E-state index in [9.17, 15) is 14.0 Å². The lowest BCUT2D eigenvalue weighted by Gasteiger charge is -2.32. The molecule has 0 aromatic heterocycles. The predicted molar refractivity (Wildman–Crippen MR) is 101 cm³/mol. The maximum Gasteiger partial charge on any atom is 0.251 e. The number of rotatable bonds is 4. The molecule has 1 heterocycles. The standard InChI is InChI=1S/C22H23FN2O2/c23-20-9-5-4-8-17(20)18-14-19(18)22(27)25-12-10-16(11-13-25)24-21(26)15-6-2-1-3-7-15/h1-9,16,18-19H,10-14H2,(H,24,26). The van der Waals surface area contributed by atoms with Gasteiger partial charge in [0.15, 0.2) is 0 Å². The number of likely N-dealkylation sites (tertiary alicyclic amines) is 1. The van der Waals surface area contributed by atoms with E-state index >= 15 is 0 Å². The molecule has 4 nitrogen and oxygen atoms in total. The Hall–Kier alpha value is -2.69. The molecule has 0 bridgehead atoms. The molecule has 1 aliphatic heterocycles. The molecule has 1 saturated carbocycles. The zero-order valence-corrected chi connectivity index (χ0v) is 15.1. The molecular weight excluding hydrogens is 343 g/mol. The highest BCUT2D eigenvalue weighted by Crippen LogP contribution is 2.49. The van der Waals surface area contributed by atoms with E-state index in [0.717, 1.165) is 19.3 Å². The van der Waals surface area contributed by atoms with Crippen LogP contribution in [0.25, 0.3) is 0 Å². The molecule has 2 amide bonds. The van der Waals surface area contributed by atoms with Gasteiger partial charge in [0.1, 0.15) is 5.82 Å². The van der Waals surface area contributed by atoms with Crippen molar-refractivity contribution in [1.82, 2.24) is 10.2 Å². The molecule has 2 unspecified atom stereocenters. The molecule has 0 radical (unpaired) electrons. The largest absolute Gasteiger partial charge is 0.349 e. The van der Waals surface area contributed by atoms with E-state index in [4.69, 9.17) is 0 Å². The molecule has 140 valence electrons. The number of benzene rings is 2. The Morgan fingerprint density at radius 1 is 0.963 bits per heavy atom. The van der Waals surface area contributed by atoms with Crippen LogP contribution in [0.2, 0.25) is 0 Å². The van der Waals surface area contributed by atoms with Crippen molar-refractivity contribution >= 4 is 11.8 Å². The summed E-state index contributed by atoms with van der Waals surface area (Å²) < 4.78 is 13.9. The van der Waals surface area contributed by atoms with Gasteiger partial charge in [-0.2, -0.15) is 0 Å². The lowest BCUT2D eigenvalue weighted by Crippen LogP contribution is -2.47. The minimum atomic E-state index is -0.222. The number of halogens is 1. The van der Waals surface area contributed by atoms with E-state index < -0.39 is 0 Å². The summed E-state index contributed by atoms with van der Waals surface area (Å²) in [5, 5.41) is 3.06. The van der Waals surface area contributed by atoms with Gasteiger partial charge in [0.25, 0.3) is 5.91 Å². The molecule has 1 saturated heterocycles. The van der Waals surface area contributed by atoms with Crippen molar-refractivity contribution in [3.05, 3.63) is 71.5 Å². The van der Waals surface area contributed by atoms with Crippen LogP contribution in [-0.2, 0) is 4.79 Å². The van der Waals surface area contributed by atoms with E-state index in [1.807, 2.05) is 29.2 Å². The second-order valence-electron chi connectivity index (χ2n) is 7.41. The van der Waals surface area contributed by atoms with Crippen LogP contribution in [0.15, 0.2) is 54.6 Å². The normalized spacial score (nSPS) is 22.3. The van der Waals surface area contributed by atoms with Gasteiger partial charge in [0.2, 0.25) is 5.91 Å². The lowest BCUT2D eigenvalue weighted by atomic mass is 10.0. The average Bonchev–Trinajstić information content (AvgIpc) is 3.49. The fourth-order valence-electron chi connectivity index (χ4n) is 3.92. The van der Waals surface area contributed by atoms with Gasteiger partial charge >= 0.3 is 0 Å². The van der Waals surface area contributed by atoms with E-state index in [1.54, 1.807) is 24.3 Å². The summed E-state index contributed by atoms with van der Waals surface area (Å²) in [6, 6.07) is 16.0. The number of amides is 2. The van der Waals surface area contributed by atoms with Crippen molar-refractivity contribution in [2.45, 2.75) is 31.2 Å². The van der Waals surface area contributed by atoms with E-state index in [2.05, 4.69) is 5.32 Å². The fourth-order valence-corrected chi connectivity index (χ4v) is 3.92. The Labute approximate surface area is 158 Å². The fraction of sp³-hybridized carbons (Fsp3) is 0.364. The summed E-state index contributed by atoms with van der Waals surface area (Å²) >= 11 is 0. The zero-order valence-electron chi connectivity index (χ0n) is 15.1. The van der Waals surface area contributed by atoms with Gasteiger partial charge in [0, 0.05) is 30.6 Å². The molecular formula is C22H23FN2O2. The Bertz CT molecular complexity index is 831. The third kappa shape index (κ3) is 3.87. The van der Waals surface area contributed by atoms with Crippen LogP contribution in [-0.4, -0.2) is 35.8 Å². The molecule has 2 fully saturated rings. The average molecular weight is 366 g/mol. The number of carbonyl (C=O) groups is 2. The summed E-state index contributed by atoms with van der Waals surface area (Å²) in [5.74, 6) is -0.259. The SMILES string of the molecule is O=C(NC1CCN(C(=O)C2CC2c2ccccc2F)CC1)c1ccccc1. The van der Waals surface area contributed by atoms with E-state index in [1.165, 1.54) is 6.07 Å². The van der Waals surface area contributed by atoms with Crippen molar-refractivity contribution < 1.29 is 14.0 Å². The highest BCUT2D eigenvalue weighted by Gasteiger charge is 2.47. The van der Waals surface area contributed by atoms with E-state index in [-0.39, 0.29) is 35.5 Å². The van der Waals surface area contributed by atoms with Gasteiger partial charge in [-0.3, -0.25) is 9.59 Å². The Balaban J connectivity index is 1.28. The summed E-state index contributed by atoms with van der Waals surface area (Å²) in [4.78, 5) is 26.8. The molecule has 1 N–H and O–H groups in total. The summed E-state index contributed by atoms with van der Waals surface area (Å²) in [5.41, 5.74) is 1.31. The van der Waals surface area contributed by atoms with Crippen molar-refractivity contribution in [3.8, 4) is 0 Å². The lowest BCUT2D eigenvalue weighted by molar-refractivity contribution is -0.133. The van der Waals surface area contributed by atoms with Crippen LogP contribution in [0, 0.1) is 11.7 Å². The first-order chi connectivity index (χ1) is 13.1. The van der Waals surface area contributed by atoms with Crippen LogP contribution >= 0.6 is 0 Å². The van der Waals surface area contributed by atoms with Gasteiger partial charge in [0.05, 0.1) is 0 Å². The number of hydrogen-bond acceptors (Lipinski definition) is 2. The monoisotopic (exact) mass is 366 g/mol. The van der Waals surface area contributed by atoms with Crippen LogP contribution < -0.4 is 5.32 Å². The molecule has 5 heteroatoms. The van der Waals surface area contributed by atoms with Gasteiger partial charge in [-0.15, -0.1) is 0 Å². The quantitative estimate of drug-likeness (QED) is 0.902. The topological polar surface area (TPSA) is 49.4 Å². The third-order valence-corrected chi connectivity index (χ3v) is 5.59. The molecule has 2 aromatic carbocycles. The zero-order chi connectivity index (χ0) is 18.8. The van der Waals surface area contributed by atoms with Gasteiger partial charge < -0.3 is 10.2 Å². The highest BCUT2D eigenvalue weighted by molar-refractivity contribution is 5.94. The molecule has 2 aromatic rings. The van der Waals surface area contributed by atoms with Crippen molar-refractivity contribution in [2.24, 2.45) is 5.92 Å². The van der Waals surface area contributed by atoms with Crippen LogP contribution in [0.3, 0.4) is 0 Å². The number of carbonyl (C=O) groups excluding carboxylic acids is 2. The first-order valence-electron chi connectivity index (χ1n) is 9.52. The molecule has 2 aliphatic rings. The number of nitrogens with zero attached hydrogens (tertiary/aromatic N) is 1. The Kier molecular flexibility index (Phi) is 4.92. The Morgan fingerprint density at radius 2 is 1.63 bits per heavy atom. The van der Waals surface area contributed by atoms with Crippen molar-refractivity contribution in [3.63, 3.8) is 0 Å². The predicted octanol–water partition coefficient (Wildman–Crippen LogP) is 3.35. The summed E-state index contributed by atoms with van der Waals surface area (Å²) in [6.45, 7) is 1.28. The minimum Gasteiger partial charge on any atom is -0.349 e. The maximum atomic E-state index is 13.9. The molecule has 1 aliphatic carbocycles. The highest BCUT2D eigenvalue weighted by atomic mass is 19.1. The molecule has 0 spiro atoms. The number of nitrogens with one attached hydrogen (secondary N) is 1. The molecule has 27 heavy (non-hydrogen) atoms. The number of piperidine rings is 1. The smallest absolute Gasteiger partial charge is 0.251 e. The minimum absolute atomic E-state index is 0.00852. The first-order valence-corrected chi connectivity index (χ1v) is 9.52. The van der Waals surface area contributed by atoms with Crippen LogP contribution in [0.5, 0.6) is 0 Å². The van der Waals surface area contributed by atoms with Crippen LogP contribution in [0.4, 0.5) is 4.39 Å². The second-order valence-corrected chi connectivity index (χ2v) is 7.41. The van der Waals surface area contributed by atoms with Gasteiger partial charge in [-0.05, 0) is 48.9 Å². The first kappa shape index (κ1) is 17.7. The second kappa shape index (κ2) is 7.51. The van der Waals surface area contributed by atoms with Gasteiger partial charge in [-0.25, -0.2) is 4.39 Å². The maximum absolute atomic E-state index is 13.9. The number of hydrogen-bond donors (Lipinski definition) is 1. The van der Waals surface area contributed by atoms with Crippen molar-refractivity contribution in [2.75, 3.05) is 13.1 Å². The Morgan fingerprint density at radius 3 is 2.33 bits per heavy atom. The summed E-state index contributed by atoms with van der Waals surface area (Å²) in [6.07, 6.45) is 2.23. The van der Waals surface area contributed by atoms with Crippen LogP contribution in [0.1, 0.15) is 41.1 Å². The summed E-state index contributed by atoms with van der Waals surface area (Å²) in [7, 11) is 0. The van der Waals surface area contributed by atoms with E-state index in [0.29, 0.717) is 24.2 Å². The molecule has 4 rings (SSSR count). The van der Waals surface area contributed by atoms with Crippen molar-refractivity contribution in [1.29, 1.82) is 0 Å². The molecule has 2 atom stereocenters. The third-order valence-electron chi connectivity index (χ3n) is 5.59.